The first-order valence-electron chi connectivity index (χ1n) is 5.37. The number of rotatable bonds is 1. The van der Waals surface area contributed by atoms with Crippen LogP contribution in [0.3, 0.4) is 0 Å². The summed E-state index contributed by atoms with van der Waals surface area (Å²) >= 11 is 5.86. The summed E-state index contributed by atoms with van der Waals surface area (Å²) in [6, 6.07) is 7.73. The van der Waals surface area contributed by atoms with Gasteiger partial charge in [0.1, 0.15) is 0 Å². The molecular weight excluding hydrogens is 222 g/mol. The maximum absolute atomic E-state index is 5.86. The molecule has 1 aliphatic rings. The van der Waals surface area contributed by atoms with Crippen LogP contribution in [0.5, 0.6) is 0 Å². The van der Waals surface area contributed by atoms with Crippen LogP contribution in [0, 0.1) is 0 Å². The molecule has 3 rings (SSSR count). The Bertz CT molecular complexity index is 478. The summed E-state index contributed by atoms with van der Waals surface area (Å²) in [5, 5.41) is 8.68. The van der Waals surface area contributed by atoms with Crippen molar-refractivity contribution in [1.82, 2.24) is 15.1 Å². The van der Waals surface area contributed by atoms with Crippen LogP contribution in [-0.2, 0) is 13.0 Å². The molecular formula is C12H12ClN3. The average Bonchev–Trinajstić information content (AvgIpc) is 2.73. The number of halogens is 1. The van der Waals surface area contributed by atoms with Gasteiger partial charge < -0.3 is 5.32 Å². The second-order valence-corrected chi connectivity index (χ2v) is 4.39. The molecule has 0 fully saturated rings. The highest BCUT2D eigenvalue weighted by Gasteiger charge is 2.13. The molecule has 1 aromatic heterocycles. The van der Waals surface area contributed by atoms with Crippen LogP contribution in [0.25, 0.3) is 5.69 Å². The number of hydrogen-bond acceptors (Lipinski definition) is 2. The van der Waals surface area contributed by atoms with Gasteiger partial charge >= 0.3 is 0 Å². The Hall–Kier alpha value is -1.32. The molecule has 0 saturated heterocycles. The van der Waals surface area contributed by atoms with E-state index in [4.69, 9.17) is 11.6 Å². The third kappa shape index (κ3) is 1.72. The fourth-order valence-corrected chi connectivity index (χ4v) is 2.09. The zero-order chi connectivity index (χ0) is 11.0. The van der Waals surface area contributed by atoms with Crippen molar-refractivity contribution < 1.29 is 0 Å². The highest BCUT2D eigenvalue weighted by atomic mass is 35.5. The summed E-state index contributed by atoms with van der Waals surface area (Å²) in [6.45, 7) is 1.94. The van der Waals surface area contributed by atoms with Crippen molar-refractivity contribution >= 4 is 11.6 Å². The van der Waals surface area contributed by atoms with Crippen LogP contribution in [0.4, 0.5) is 0 Å². The molecule has 4 heteroatoms. The molecule has 2 aromatic rings. The fourth-order valence-electron chi connectivity index (χ4n) is 1.96. The highest BCUT2D eigenvalue weighted by Crippen LogP contribution is 2.17. The van der Waals surface area contributed by atoms with Crippen molar-refractivity contribution in [3.63, 3.8) is 0 Å². The van der Waals surface area contributed by atoms with Gasteiger partial charge in [0.25, 0.3) is 0 Å². The van der Waals surface area contributed by atoms with Crippen LogP contribution in [0.15, 0.2) is 30.5 Å². The van der Waals surface area contributed by atoms with Gasteiger partial charge in [-0.05, 0) is 24.3 Å². The van der Waals surface area contributed by atoms with Crippen molar-refractivity contribution in [3.8, 4) is 5.69 Å². The minimum absolute atomic E-state index is 0.752. The minimum atomic E-state index is 0.752. The summed E-state index contributed by atoms with van der Waals surface area (Å²) in [6.07, 6.45) is 3.10. The number of fused-ring (bicyclic) bond motifs is 1. The fraction of sp³-hybridized carbons (Fsp3) is 0.250. The number of nitrogens with zero attached hydrogens (tertiary/aromatic N) is 2. The first-order valence-corrected chi connectivity index (χ1v) is 5.75. The lowest BCUT2D eigenvalue weighted by Crippen LogP contribution is -2.22. The molecule has 16 heavy (non-hydrogen) atoms. The largest absolute Gasteiger partial charge is 0.312 e. The second-order valence-electron chi connectivity index (χ2n) is 3.95. The summed E-state index contributed by atoms with van der Waals surface area (Å²) in [5.41, 5.74) is 3.55. The van der Waals surface area contributed by atoms with E-state index in [1.54, 1.807) is 0 Å². The lowest BCUT2D eigenvalue weighted by molar-refractivity contribution is 0.635. The summed E-state index contributed by atoms with van der Waals surface area (Å²) in [4.78, 5) is 0. The molecule has 2 heterocycles. The minimum Gasteiger partial charge on any atom is -0.312 e. The molecule has 0 atom stereocenters. The summed E-state index contributed by atoms with van der Waals surface area (Å²) in [7, 11) is 0. The van der Waals surface area contributed by atoms with Gasteiger partial charge in [-0.15, -0.1) is 0 Å². The molecule has 1 aliphatic heterocycles. The molecule has 0 radical (unpaired) electrons. The zero-order valence-electron chi connectivity index (χ0n) is 8.78. The predicted octanol–water partition coefficient (Wildman–Crippen LogP) is 2.17. The molecule has 82 valence electrons. The quantitative estimate of drug-likeness (QED) is 0.818. The Kier molecular flexibility index (Phi) is 2.42. The molecule has 0 spiro atoms. The predicted molar refractivity (Wildman–Crippen MR) is 64.0 cm³/mol. The van der Waals surface area contributed by atoms with E-state index in [2.05, 4.69) is 16.6 Å². The van der Waals surface area contributed by atoms with E-state index in [1.807, 2.05) is 28.9 Å². The smallest absolute Gasteiger partial charge is 0.0686 e. The molecule has 0 aliphatic carbocycles. The lowest BCUT2D eigenvalue weighted by Gasteiger charge is -2.09. The van der Waals surface area contributed by atoms with Crippen LogP contribution < -0.4 is 5.32 Å². The van der Waals surface area contributed by atoms with E-state index in [-0.39, 0.29) is 0 Å². The zero-order valence-corrected chi connectivity index (χ0v) is 9.54. The van der Waals surface area contributed by atoms with Crippen LogP contribution >= 0.6 is 11.6 Å². The number of nitrogens with one attached hydrogen (secondary N) is 1. The Balaban J connectivity index is 2.00. The topological polar surface area (TPSA) is 29.9 Å². The highest BCUT2D eigenvalue weighted by molar-refractivity contribution is 6.30. The van der Waals surface area contributed by atoms with Gasteiger partial charge in [0.2, 0.25) is 0 Å². The van der Waals surface area contributed by atoms with Gasteiger partial charge in [0, 0.05) is 36.3 Å². The van der Waals surface area contributed by atoms with E-state index < -0.39 is 0 Å². The Morgan fingerprint density at radius 1 is 1.25 bits per heavy atom. The molecule has 0 bridgehead atoms. The van der Waals surface area contributed by atoms with Gasteiger partial charge in [-0.25, -0.2) is 4.68 Å². The standard InChI is InChI=1S/C12H12ClN3/c13-10-1-3-11(4-2-10)16-8-9-7-14-6-5-12(9)15-16/h1-4,8,14H,5-7H2. The van der Waals surface area contributed by atoms with E-state index in [1.165, 1.54) is 11.3 Å². The summed E-state index contributed by atoms with van der Waals surface area (Å²) < 4.78 is 1.92. The average molecular weight is 234 g/mol. The molecule has 1 N–H and O–H groups in total. The first-order chi connectivity index (χ1) is 7.83. The van der Waals surface area contributed by atoms with E-state index in [0.29, 0.717) is 0 Å². The normalized spacial score (nSPS) is 14.8. The number of hydrogen-bond donors (Lipinski definition) is 1. The maximum Gasteiger partial charge on any atom is 0.0686 e. The van der Waals surface area contributed by atoms with Crippen LogP contribution in [0.2, 0.25) is 5.02 Å². The van der Waals surface area contributed by atoms with E-state index >= 15 is 0 Å². The van der Waals surface area contributed by atoms with Gasteiger partial charge in [0.15, 0.2) is 0 Å². The molecule has 1 aromatic carbocycles. The molecule has 3 nitrogen and oxygen atoms in total. The van der Waals surface area contributed by atoms with E-state index in [0.717, 1.165) is 30.2 Å². The Labute approximate surface area is 99.0 Å². The summed E-state index contributed by atoms with van der Waals surface area (Å²) in [5.74, 6) is 0. The van der Waals surface area contributed by atoms with Crippen molar-refractivity contribution in [2.45, 2.75) is 13.0 Å². The molecule has 0 unspecified atom stereocenters. The van der Waals surface area contributed by atoms with Crippen molar-refractivity contribution in [1.29, 1.82) is 0 Å². The number of aromatic nitrogens is 2. The SMILES string of the molecule is Clc1ccc(-n2cc3c(n2)CCNC3)cc1. The Morgan fingerprint density at radius 2 is 2.06 bits per heavy atom. The van der Waals surface area contributed by atoms with Crippen molar-refractivity contribution in [3.05, 3.63) is 46.7 Å². The first kappa shape index (κ1) is 9.87. The van der Waals surface area contributed by atoms with Crippen molar-refractivity contribution in [2.24, 2.45) is 0 Å². The van der Waals surface area contributed by atoms with Gasteiger partial charge in [0.05, 0.1) is 11.4 Å². The van der Waals surface area contributed by atoms with Crippen LogP contribution in [-0.4, -0.2) is 16.3 Å². The maximum atomic E-state index is 5.86. The third-order valence-corrected chi connectivity index (χ3v) is 3.07. The van der Waals surface area contributed by atoms with Crippen molar-refractivity contribution in [2.75, 3.05) is 6.54 Å². The van der Waals surface area contributed by atoms with Gasteiger partial charge in [-0.1, -0.05) is 11.6 Å². The van der Waals surface area contributed by atoms with Crippen LogP contribution in [0.1, 0.15) is 11.3 Å². The van der Waals surface area contributed by atoms with E-state index in [9.17, 15) is 0 Å². The second kappa shape index (κ2) is 3.92. The Morgan fingerprint density at radius 3 is 2.81 bits per heavy atom. The molecule has 0 saturated carbocycles. The monoisotopic (exact) mass is 233 g/mol. The molecule has 0 amide bonds. The third-order valence-electron chi connectivity index (χ3n) is 2.82. The van der Waals surface area contributed by atoms with Gasteiger partial charge in [-0.3, -0.25) is 0 Å². The number of benzene rings is 1. The van der Waals surface area contributed by atoms with Gasteiger partial charge in [-0.2, -0.15) is 5.10 Å². The lowest BCUT2D eigenvalue weighted by atomic mass is 10.1.